The number of rotatable bonds is 9. The number of unbranched alkanes of at least 4 members (excludes halogenated alkanes) is 4. The minimum Gasteiger partial charge on any atom is -0.342 e. The summed E-state index contributed by atoms with van der Waals surface area (Å²) in [5.74, 6) is 1.02. The van der Waals surface area contributed by atoms with Gasteiger partial charge in [0.05, 0.1) is 0 Å². The molecule has 0 spiro atoms. The number of aryl methyl sites for hydroxylation is 3. The molecule has 2 nitrogen and oxygen atoms in total. The summed E-state index contributed by atoms with van der Waals surface area (Å²) >= 11 is 0. The summed E-state index contributed by atoms with van der Waals surface area (Å²) in [6.07, 6.45) is 12.0. The second-order valence-electron chi connectivity index (χ2n) is 6.32. The molecule has 0 fully saturated rings. The van der Waals surface area contributed by atoms with Gasteiger partial charge in [-0.25, -0.2) is 4.98 Å². The lowest BCUT2D eigenvalue weighted by molar-refractivity contribution is 0.709. The molecule has 2 heteroatoms. The van der Waals surface area contributed by atoms with Crippen LogP contribution < -0.4 is 0 Å². The maximum Gasteiger partial charge on any atom is 0.137 e. The van der Waals surface area contributed by atoms with Crippen LogP contribution in [0, 0.1) is 6.92 Å². The number of hydrogen-bond acceptors (Lipinski definition) is 1. The molecule has 0 unspecified atom stereocenters. The number of aromatic amines is 1. The number of H-pyrrole nitrogens is 1. The number of benzene rings is 1. The lowest BCUT2D eigenvalue weighted by Gasteiger charge is -2.11. The van der Waals surface area contributed by atoms with E-state index < -0.39 is 0 Å². The van der Waals surface area contributed by atoms with E-state index in [4.69, 9.17) is 0 Å². The summed E-state index contributed by atoms with van der Waals surface area (Å²) in [6, 6.07) is 6.96. The summed E-state index contributed by atoms with van der Waals surface area (Å²) in [7, 11) is 0. The van der Waals surface area contributed by atoms with E-state index in [2.05, 4.69) is 48.9 Å². The first-order chi connectivity index (χ1) is 10.7. The summed E-state index contributed by atoms with van der Waals surface area (Å²) < 4.78 is 0. The second-order valence-corrected chi connectivity index (χ2v) is 6.32. The van der Waals surface area contributed by atoms with Gasteiger partial charge in [0.2, 0.25) is 0 Å². The number of nitrogens with one attached hydrogen (secondary N) is 1. The highest BCUT2D eigenvalue weighted by Gasteiger charge is 2.09. The average Bonchev–Trinajstić information content (AvgIpc) is 2.94. The first kappa shape index (κ1) is 16.8. The Bertz CT molecular complexity index is 569. The highest BCUT2D eigenvalue weighted by Crippen LogP contribution is 2.25. The van der Waals surface area contributed by atoms with E-state index in [9.17, 15) is 0 Å². The topological polar surface area (TPSA) is 28.7 Å². The molecule has 0 atom stereocenters. The third kappa shape index (κ3) is 4.72. The smallest absolute Gasteiger partial charge is 0.137 e. The Balaban J connectivity index is 2.19. The fourth-order valence-electron chi connectivity index (χ4n) is 2.93. The zero-order chi connectivity index (χ0) is 15.8. The minimum atomic E-state index is 1.02. The van der Waals surface area contributed by atoms with E-state index in [1.54, 1.807) is 0 Å². The average molecular weight is 298 g/mol. The summed E-state index contributed by atoms with van der Waals surface area (Å²) in [5, 5.41) is 0. The first-order valence-electron chi connectivity index (χ1n) is 8.88. The monoisotopic (exact) mass is 298 g/mol. The van der Waals surface area contributed by atoms with Crippen molar-refractivity contribution in [1.82, 2.24) is 9.97 Å². The molecule has 0 radical (unpaired) electrons. The van der Waals surface area contributed by atoms with Crippen LogP contribution >= 0.6 is 0 Å². The molecule has 1 aromatic heterocycles. The van der Waals surface area contributed by atoms with Crippen molar-refractivity contribution in [3.8, 4) is 11.4 Å². The van der Waals surface area contributed by atoms with E-state index in [0.29, 0.717) is 0 Å². The summed E-state index contributed by atoms with van der Waals surface area (Å²) in [5.41, 5.74) is 5.34. The Morgan fingerprint density at radius 2 is 1.68 bits per heavy atom. The SMILES string of the molecule is CCCCCc1ccc(-c2ncc(C)[nH]2)c(CCCCC)c1. The Kier molecular flexibility index (Phi) is 6.70. The highest BCUT2D eigenvalue weighted by molar-refractivity contribution is 5.61. The van der Waals surface area contributed by atoms with Gasteiger partial charge in [0.15, 0.2) is 0 Å². The van der Waals surface area contributed by atoms with Crippen LogP contribution in [0.4, 0.5) is 0 Å². The molecule has 1 heterocycles. The molecule has 0 aliphatic rings. The quantitative estimate of drug-likeness (QED) is 0.578. The molecule has 2 rings (SSSR count). The van der Waals surface area contributed by atoms with Crippen LogP contribution in [0.1, 0.15) is 69.2 Å². The minimum absolute atomic E-state index is 1.02. The van der Waals surface area contributed by atoms with Crippen molar-refractivity contribution >= 4 is 0 Å². The van der Waals surface area contributed by atoms with Crippen molar-refractivity contribution in [1.29, 1.82) is 0 Å². The molecule has 120 valence electrons. The summed E-state index contributed by atoms with van der Waals surface area (Å²) in [6.45, 7) is 6.59. The molecule has 0 saturated heterocycles. The predicted molar refractivity (Wildman–Crippen MR) is 95.2 cm³/mol. The molecule has 0 bridgehead atoms. The van der Waals surface area contributed by atoms with Crippen molar-refractivity contribution < 1.29 is 0 Å². The van der Waals surface area contributed by atoms with Gasteiger partial charge in [-0.3, -0.25) is 0 Å². The van der Waals surface area contributed by atoms with Crippen molar-refractivity contribution in [2.45, 2.75) is 72.1 Å². The zero-order valence-corrected chi connectivity index (χ0v) is 14.4. The van der Waals surface area contributed by atoms with E-state index in [0.717, 1.165) is 17.9 Å². The highest BCUT2D eigenvalue weighted by atomic mass is 14.9. The molecule has 0 aliphatic carbocycles. The van der Waals surface area contributed by atoms with Gasteiger partial charge in [0.1, 0.15) is 5.82 Å². The maximum atomic E-state index is 4.52. The van der Waals surface area contributed by atoms with Gasteiger partial charge in [-0.2, -0.15) is 0 Å². The van der Waals surface area contributed by atoms with E-state index in [1.165, 1.54) is 61.6 Å². The molecule has 0 saturated carbocycles. The summed E-state index contributed by atoms with van der Waals surface area (Å²) in [4.78, 5) is 7.91. The van der Waals surface area contributed by atoms with Crippen LogP contribution in [-0.4, -0.2) is 9.97 Å². The van der Waals surface area contributed by atoms with Gasteiger partial charge in [0, 0.05) is 17.5 Å². The second kappa shape index (κ2) is 8.77. The Hall–Kier alpha value is -1.57. The molecular weight excluding hydrogens is 268 g/mol. The third-order valence-corrected chi connectivity index (χ3v) is 4.25. The van der Waals surface area contributed by atoms with Gasteiger partial charge in [-0.1, -0.05) is 57.7 Å². The van der Waals surface area contributed by atoms with Crippen molar-refractivity contribution in [2.24, 2.45) is 0 Å². The zero-order valence-electron chi connectivity index (χ0n) is 14.4. The molecule has 0 amide bonds. The number of aromatic nitrogens is 2. The maximum absolute atomic E-state index is 4.52. The van der Waals surface area contributed by atoms with Crippen LogP contribution in [0.25, 0.3) is 11.4 Å². The number of nitrogens with zero attached hydrogens (tertiary/aromatic N) is 1. The van der Waals surface area contributed by atoms with Gasteiger partial charge in [0.25, 0.3) is 0 Å². The van der Waals surface area contributed by atoms with Crippen LogP contribution in [0.5, 0.6) is 0 Å². The number of imidazole rings is 1. The standard InChI is InChI=1S/C20H30N2/c1-4-6-8-10-17-12-13-19(20-21-15-16(3)22-20)18(14-17)11-9-7-5-2/h12-15H,4-11H2,1-3H3,(H,21,22). The Morgan fingerprint density at radius 3 is 2.32 bits per heavy atom. The normalized spacial score (nSPS) is 11.0. The lowest BCUT2D eigenvalue weighted by atomic mass is 9.96. The number of hydrogen-bond donors (Lipinski definition) is 1. The fraction of sp³-hybridized carbons (Fsp3) is 0.550. The molecule has 0 aliphatic heterocycles. The Morgan fingerprint density at radius 1 is 0.955 bits per heavy atom. The Labute approximate surface area is 135 Å². The largest absolute Gasteiger partial charge is 0.342 e. The fourth-order valence-corrected chi connectivity index (χ4v) is 2.93. The van der Waals surface area contributed by atoms with Crippen LogP contribution in [-0.2, 0) is 12.8 Å². The van der Waals surface area contributed by atoms with Crippen molar-refractivity contribution in [3.05, 3.63) is 41.2 Å². The molecule has 2 aromatic rings. The molecule has 1 N–H and O–H groups in total. The van der Waals surface area contributed by atoms with Crippen molar-refractivity contribution in [3.63, 3.8) is 0 Å². The lowest BCUT2D eigenvalue weighted by Crippen LogP contribution is -1.96. The van der Waals surface area contributed by atoms with Crippen LogP contribution in [0.15, 0.2) is 24.4 Å². The van der Waals surface area contributed by atoms with E-state index >= 15 is 0 Å². The van der Waals surface area contributed by atoms with Crippen LogP contribution in [0.2, 0.25) is 0 Å². The van der Waals surface area contributed by atoms with Gasteiger partial charge in [-0.15, -0.1) is 0 Å². The van der Waals surface area contributed by atoms with Crippen molar-refractivity contribution in [2.75, 3.05) is 0 Å². The van der Waals surface area contributed by atoms with Crippen LogP contribution in [0.3, 0.4) is 0 Å². The first-order valence-corrected chi connectivity index (χ1v) is 8.88. The van der Waals surface area contributed by atoms with Gasteiger partial charge < -0.3 is 4.98 Å². The molecular formula is C20H30N2. The predicted octanol–water partition coefficient (Wildman–Crippen LogP) is 5.85. The molecule has 1 aromatic carbocycles. The third-order valence-electron chi connectivity index (χ3n) is 4.25. The molecule has 22 heavy (non-hydrogen) atoms. The van der Waals surface area contributed by atoms with Gasteiger partial charge >= 0.3 is 0 Å². The van der Waals surface area contributed by atoms with Gasteiger partial charge in [-0.05, 0) is 43.7 Å². The van der Waals surface area contributed by atoms with E-state index in [-0.39, 0.29) is 0 Å². The van der Waals surface area contributed by atoms with E-state index in [1.807, 2.05) is 6.20 Å².